The maximum atomic E-state index is 11.6. The zero-order chi connectivity index (χ0) is 15.9. The molecule has 0 N–H and O–H groups in total. The van der Waals surface area contributed by atoms with Crippen molar-refractivity contribution in [2.24, 2.45) is 0 Å². The number of rotatable bonds is 5. The first-order chi connectivity index (χ1) is 10.6. The molecule has 1 aromatic heterocycles. The Hall–Kier alpha value is -3.29. The molecule has 0 amide bonds. The molecule has 1 heterocycles. The Kier molecular flexibility index (Phi) is 4.76. The van der Waals surface area contributed by atoms with E-state index in [0.29, 0.717) is 5.56 Å². The van der Waals surface area contributed by atoms with Gasteiger partial charge in [0.1, 0.15) is 5.75 Å². The minimum Gasteiger partial charge on any atom is -0.467 e. The van der Waals surface area contributed by atoms with E-state index in [0.717, 1.165) is 0 Å². The highest BCUT2D eigenvalue weighted by Gasteiger charge is 2.06. The lowest BCUT2D eigenvalue weighted by Gasteiger charge is -2.00. The Bertz CT molecular complexity index is 695. The van der Waals surface area contributed by atoms with Gasteiger partial charge in [0.2, 0.25) is 0 Å². The van der Waals surface area contributed by atoms with E-state index >= 15 is 0 Å². The summed E-state index contributed by atoms with van der Waals surface area (Å²) >= 11 is 0. The number of nitro benzene ring substituents is 1. The minimum absolute atomic E-state index is 0.0780. The van der Waals surface area contributed by atoms with Crippen LogP contribution in [0, 0.1) is 10.1 Å². The second kappa shape index (κ2) is 6.93. The second-order valence-corrected chi connectivity index (χ2v) is 4.01. The number of benzene rings is 1. The van der Waals surface area contributed by atoms with Crippen LogP contribution in [0.25, 0.3) is 6.08 Å². The van der Waals surface area contributed by atoms with Crippen molar-refractivity contribution >= 4 is 17.7 Å². The molecule has 0 unspecified atom stereocenters. The first-order valence-electron chi connectivity index (χ1n) is 6.09. The molecule has 2 aromatic rings. The summed E-state index contributed by atoms with van der Waals surface area (Å²) < 4.78 is 9.82. The van der Waals surface area contributed by atoms with Crippen LogP contribution in [0.5, 0.6) is 11.8 Å². The SMILES string of the molecule is COc1ncc(C=CC(=O)Oc2ccc([N+](=O)[O-])cc2)cn1. The lowest BCUT2D eigenvalue weighted by Crippen LogP contribution is -2.03. The number of esters is 1. The van der Waals surface area contributed by atoms with E-state index in [1.165, 1.54) is 55.9 Å². The second-order valence-electron chi connectivity index (χ2n) is 4.01. The molecular formula is C14H11N3O5. The van der Waals surface area contributed by atoms with Gasteiger partial charge in [-0.1, -0.05) is 0 Å². The predicted molar refractivity (Wildman–Crippen MR) is 76.3 cm³/mol. The number of hydrogen-bond acceptors (Lipinski definition) is 7. The molecular weight excluding hydrogens is 290 g/mol. The van der Waals surface area contributed by atoms with E-state index in [1.807, 2.05) is 0 Å². The fourth-order valence-corrected chi connectivity index (χ4v) is 1.47. The molecule has 0 aliphatic carbocycles. The van der Waals surface area contributed by atoms with Crippen molar-refractivity contribution in [3.05, 3.63) is 58.4 Å². The number of hydrogen-bond donors (Lipinski definition) is 0. The third-order valence-electron chi connectivity index (χ3n) is 2.51. The van der Waals surface area contributed by atoms with Gasteiger partial charge >= 0.3 is 12.0 Å². The van der Waals surface area contributed by atoms with Gasteiger partial charge in [-0.2, -0.15) is 0 Å². The molecule has 0 saturated heterocycles. The third kappa shape index (κ3) is 4.10. The summed E-state index contributed by atoms with van der Waals surface area (Å²) in [5, 5.41) is 10.5. The molecule has 0 atom stereocenters. The summed E-state index contributed by atoms with van der Waals surface area (Å²) in [4.78, 5) is 29.4. The fourth-order valence-electron chi connectivity index (χ4n) is 1.47. The molecule has 0 aliphatic heterocycles. The van der Waals surface area contributed by atoms with Crippen molar-refractivity contribution in [2.45, 2.75) is 0 Å². The van der Waals surface area contributed by atoms with Gasteiger partial charge in [0.25, 0.3) is 5.69 Å². The topological polar surface area (TPSA) is 104 Å². The van der Waals surface area contributed by atoms with Crippen LogP contribution in [0.15, 0.2) is 42.7 Å². The Labute approximate surface area is 125 Å². The van der Waals surface area contributed by atoms with E-state index in [4.69, 9.17) is 9.47 Å². The van der Waals surface area contributed by atoms with Crippen LogP contribution in [-0.2, 0) is 4.79 Å². The van der Waals surface area contributed by atoms with E-state index < -0.39 is 10.9 Å². The minimum atomic E-state index is -0.621. The van der Waals surface area contributed by atoms with Gasteiger partial charge < -0.3 is 9.47 Å². The molecule has 2 rings (SSSR count). The van der Waals surface area contributed by atoms with E-state index in [-0.39, 0.29) is 17.4 Å². The molecule has 1 aromatic carbocycles. The van der Waals surface area contributed by atoms with Crippen LogP contribution >= 0.6 is 0 Å². The Balaban J connectivity index is 1.96. The standard InChI is InChI=1S/C14H11N3O5/c1-21-14-15-8-10(9-16-14)2-7-13(18)22-12-5-3-11(4-6-12)17(19)20/h2-9H,1H3. The molecule has 0 aliphatic rings. The van der Waals surface area contributed by atoms with Crippen molar-refractivity contribution in [3.8, 4) is 11.8 Å². The average Bonchev–Trinajstić information content (AvgIpc) is 2.54. The van der Waals surface area contributed by atoms with Gasteiger partial charge in [-0.15, -0.1) is 0 Å². The van der Waals surface area contributed by atoms with E-state index in [1.54, 1.807) is 0 Å². The monoisotopic (exact) mass is 301 g/mol. The molecule has 0 fully saturated rings. The molecule has 22 heavy (non-hydrogen) atoms. The molecule has 0 saturated carbocycles. The number of nitrogens with zero attached hydrogens (tertiary/aromatic N) is 3. The molecule has 0 spiro atoms. The van der Waals surface area contributed by atoms with E-state index in [2.05, 4.69) is 9.97 Å². The van der Waals surface area contributed by atoms with Crippen LogP contribution in [0.1, 0.15) is 5.56 Å². The normalized spacial score (nSPS) is 10.4. The zero-order valence-corrected chi connectivity index (χ0v) is 11.5. The highest BCUT2D eigenvalue weighted by Crippen LogP contribution is 2.17. The number of carbonyl (C=O) groups excluding carboxylic acids is 1. The highest BCUT2D eigenvalue weighted by atomic mass is 16.6. The van der Waals surface area contributed by atoms with Gasteiger partial charge in [-0.3, -0.25) is 10.1 Å². The summed E-state index contributed by atoms with van der Waals surface area (Å²) in [7, 11) is 1.45. The number of nitro groups is 1. The summed E-state index contributed by atoms with van der Waals surface area (Å²) in [5.74, 6) is -0.407. The summed E-state index contributed by atoms with van der Waals surface area (Å²) in [6.45, 7) is 0. The van der Waals surface area contributed by atoms with Crippen molar-refractivity contribution in [2.75, 3.05) is 7.11 Å². The van der Waals surface area contributed by atoms with Crippen molar-refractivity contribution in [1.82, 2.24) is 9.97 Å². The Morgan fingerprint density at radius 2 is 1.86 bits per heavy atom. The molecule has 8 nitrogen and oxygen atoms in total. The number of ether oxygens (including phenoxy) is 2. The summed E-state index contributed by atoms with van der Waals surface area (Å²) in [5.41, 5.74) is 0.521. The summed E-state index contributed by atoms with van der Waals surface area (Å²) in [6, 6.07) is 5.43. The van der Waals surface area contributed by atoms with Crippen molar-refractivity contribution < 1.29 is 19.2 Å². The van der Waals surface area contributed by atoms with Gasteiger partial charge in [-0.05, 0) is 18.2 Å². The molecule has 8 heteroatoms. The average molecular weight is 301 g/mol. The predicted octanol–water partition coefficient (Wildman–Crippen LogP) is 2.01. The number of aromatic nitrogens is 2. The first-order valence-corrected chi connectivity index (χ1v) is 6.09. The van der Waals surface area contributed by atoms with Gasteiger partial charge in [-0.25, -0.2) is 14.8 Å². The Morgan fingerprint density at radius 3 is 2.41 bits per heavy atom. The number of non-ortho nitro benzene ring substituents is 1. The largest absolute Gasteiger partial charge is 0.467 e. The Morgan fingerprint density at radius 1 is 1.23 bits per heavy atom. The third-order valence-corrected chi connectivity index (χ3v) is 2.51. The van der Waals surface area contributed by atoms with Crippen LogP contribution in [-0.4, -0.2) is 28.0 Å². The zero-order valence-electron chi connectivity index (χ0n) is 11.5. The fraction of sp³-hybridized carbons (Fsp3) is 0.0714. The lowest BCUT2D eigenvalue weighted by molar-refractivity contribution is -0.384. The van der Waals surface area contributed by atoms with Crippen LogP contribution in [0.2, 0.25) is 0 Å². The van der Waals surface area contributed by atoms with Crippen LogP contribution < -0.4 is 9.47 Å². The van der Waals surface area contributed by atoms with Crippen LogP contribution in [0.4, 0.5) is 5.69 Å². The van der Waals surface area contributed by atoms with Crippen LogP contribution in [0.3, 0.4) is 0 Å². The quantitative estimate of drug-likeness (QED) is 0.273. The van der Waals surface area contributed by atoms with E-state index in [9.17, 15) is 14.9 Å². The highest BCUT2D eigenvalue weighted by molar-refractivity contribution is 5.88. The maximum absolute atomic E-state index is 11.6. The molecule has 112 valence electrons. The van der Waals surface area contributed by atoms with Crippen molar-refractivity contribution in [3.63, 3.8) is 0 Å². The number of methoxy groups -OCH3 is 1. The smallest absolute Gasteiger partial charge is 0.336 e. The van der Waals surface area contributed by atoms with Gasteiger partial charge in [0.05, 0.1) is 12.0 Å². The molecule has 0 radical (unpaired) electrons. The van der Waals surface area contributed by atoms with Crippen molar-refractivity contribution in [1.29, 1.82) is 0 Å². The molecule has 0 bridgehead atoms. The first kappa shape index (κ1) is 15.1. The van der Waals surface area contributed by atoms with Gasteiger partial charge in [0, 0.05) is 36.2 Å². The number of carbonyl (C=O) groups is 1. The lowest BCUT2D eigenvalue weighted by atomic mass is 10.3. The summed E-state index contributed by atoms with van der Waals surface area (Å²) in [6.07, 6.45) is 5.66. The van der Waals surface area contributed by atoms with Gasteiger partial charge in [0.15, 0.2) is 0 Å². The maximum Gasteiger partial charge on any atom is 0.336 e.